The monoisotopic (exact) mass is 254 g/mol. The van der Waals surface area contributed by atoms with Gasteiger partial charge < -0.3 is 5.11 Å². The summed E-state index contributed by atoms with van der Waals surface area (Å²) in [5.74, 6) is -4.59. The molecular weight excluding hydrogens is 238 g/mol. The van der Waals surface area contributed by atoms with Crippen molar-refractivity contribution in [3.05, 3.63) is 35.4 Å². The molecule has 1 aromatic carbocycles. The average Bonchev–Trinajstić information content (AvgIpc) is 2.82. The van der Waals surface area contributed by atoms with Gasteiger partial charge in [0.25, 0.3) is 5.92 Å². The molecule has 0 bridgehead atoms. The standard InChI is InChI=1S/C14H16F2O2/c1-12(2,3)9-6-4-5-7-10(9)13(11(17)18)8-14(13,15)16/h4-7H,8H2,1-3H3,(H,17,18). The van der Waals surface area contributed by atoms with E-state index in [1.54, 1.807) is 18.2 Å². The van der Waals surface area contributed by atoms with Gasteiger partial charge >= 0.3 is 5.97 Å². The van der Waals surface area contributed by atoms with Gasteiger partial charge in [0.2, 0.25) is 0 Å². The molecule has 0 aliphatic heterocycles. The maximum absolute atomic E-state index is 13.6. The largest absolute Gasteiger partial charge is 0.480 e. The van der Waals surface area contributed by atoms with E-state index in [0.717, 1.165) is 0 Å². The summed E-state index contributed by atoms with van der Waals surface area (Å²) in [6.45, 7) is 5.67. The van der Waals surface area contributed by atoms with Crippen LogP contribution < -0.4 is 0 Å². The van der Waals surface area contributed by atoms with E-state index in [-0.39, 0.29) is 11.0 Å². The van der Waals surface area contributed by atoms with Crippen molar-refractivity contribution < 1.29 is 18.7 Å². The number of hydrogen-bond acceptors (Lipinski definition) is 1. The van der Waals surface area contributed by atoms with E-state index in [1.807, 2.05) is 20.8 Å². The lowest BCUT2D eigenvalue weighted by Crippen LogP contribution is -2.30. The minimum absolute atomic E-state index is 0.245. The zero-order valence-electron chi connectivity index (χ0n) is 10.6. The summed E-state index contributed by atoms with van der Waals surface area (Å²) in [5.41, 5.74) is -1.48. The molecule has 1 aliphatic carbocycles. The van der Waals surface area contributed by atoms with Crippen molar-refractivity contribution in [1.82, 2.24) is 0 Å². The van der Waals surface area contributed by atoms with Crippen molar-refractivity contribution in [2.45, 2.75) is 43.9 Å². The number of carbonyl (C=O) groups is 1. The Labute approximate surface area is 105 Å². The third-order valence-corrected chi connectivity index (χ3v) is 3.55. The molecule has 0 radical (unpaired) electrons. The quantitative estimate of drug-likeness (QED) is 0.878. The number of halogens is 2. The van der Waals surface area contributed by atoms with Crippen LogP contribution in [0.3, 0.4) is 0 Å². The second-order valence-corrected chi connectivity index (χ2v) is 5.89. The molecule has 18 heavy (non-hydrogen) atoms. The van der Waals surface area contributed by atoms with Crippen molar-refractivity contribution in [2.24, 2.45) is 0 Å². The number of alkyl halides is 2. The van der Waals surface area contributed by atoms with Crippen LogP contribution in [-0.4, -0.2) is 17.0 Å². The van der Waals surface area contributed by atoms with E-state index >= 15 is 0 Å². The number of carboxylic acids is 1. The molecule has 1 aromatic rings. The molecule has 1 N–H and O–H groups in total. The zero-order chi connectivity index (χ0) is 13.8. The summed E-state index contributed by atoms with van der Waals surface area (Å²) < 4.78 is 27.2. The molecule has 2 rings (SSSR count). The lowest BCUT2D eigenvalue weighted by Gasteiger charge is -2.25. The van der Waals surface area contributed by atoms with E-state index in [4.69, 9.17) is 0 Å². The summed E-state index contributed by atoms with van der Waals surface area (Å²) in [7, 11) is 0. The molecule has 1 fully saturated rings. The fraction of sp³-hybridized carbons (Fsp3) is 0.500. The maximum Gasteiger partial charge on any atom is 0.320 e. The second kappa shape index (κ2) is 3.53. The predicted molar refractivity (Wildman–Crippen MR) is 64.0 cm³/mol. The first-order valence-electron chi connectivity index (χ1n) is 5.84. The Hall–Kier alpha value is -1.45. The summed E-state index contributed by atoms with van der Waals surface area (Å²) >= 11 is 0. The van der Waals surface area contributed by atoms with Gasteiger partial charge in [0.15, 0.2) is 5.41 Å². The van der Waals surface area contributed by atoms with E-state index in [2.05, 4.69) is 0 Å². The molecule has 2 nitrogen and oxygen atoms in total. The minimum Gasteiger partial charge on any atom is -0.480 e. The van der Waals surface area contributed by atoms with Crippen LogP contribution in [0.5, 0.6) is 0 Å². The Morgan fingerprint density at radius 3 is 2.17 bits per heavy atom. The van der Waals surface area contributed by atoms with E-state index < -0.39 is 23.7 Å². The van der Waals surface area contributed by atoms with Crippen molar-refractivity contribution >= 4 is 5.97 Å². The van der Waals surface area contributed by atoms with Crippen molar-refractivity contribution in [1.29, 1.82) is 0 Å². The summed E-state index contributed by atoms with van der Waals surface area (Å²) in [6.07, 6.45) is -0.609. The molecular formula is C14H16F2O2. The first-order valence-corrected chi connectivity index (χ1v) is 5.84. The number of aliphatic carboxylic acids is 1. The Morgan fingerprint density at radius 1 is 1.28 bits per heavy atom. The van der Waals surface area contributed by atoms with Crippen molar-refractivity contribution in [3.63, 3.8) is 0 Å². The molecule has 0 saturated heterocycles. The van der Waals surface area contributed by atoms with Gasteiger partial charge in [-0.2, -0.15) is 0 Å². The first kappa shape index (κ1) is 13.0. The van der Waals surface area contributed by atoms with Crippen LogP contribution in [-0.2, 0) is 15.6 Å². The van der Waals surface area contributed by atoms with Crippen molar-refractivity contribution in [3.8, 4) is 0 Å². The van der Waals surface area contributed by atoms with Gasteiger partial charge in [-0.15, -0.1) is 0 Å². The van der Waals surface area contributed by atoms with Crippen LogP contribution in [0.15, 0.2) is 24.3 Å². The van der Waals surface area contributed by atoms with Gasteiger partial charge in [0.05, 0.1) is 0 Å². The second-order valence-electron chi connectivity index (χ2n) is 5.89. The van der Waals surface area contributed by atoms with Gasteiger partial charge in [0.1, 0.15) is 0 Å². The lowest BCUT2D eigenvalue weighted by molar-refractivity contribution is -0.143. The summed E-state index contributed by atoms with van der Waals surface area (Å²) in [5, 5.41) is 9.20. The van der Waals surface area contributed by atoms with Crippen LogP contribution in [0.1, 0.15) is 38.3 Å². The molecule has 0 amide bonds. The van der Waals surface area contributed by atoms with Crippen LogP contribution >= 0.6 is 0 Å². The number of rotatable bonds is 2. The van der Waals surface area contributed by atoms with Crippen LogP contribution in [0.4, 0.5) is 8.78 Å². The molecule has 0 spiro atoms. The normalized spacial score (nSPS) is 25.8. The SMILES string of the molecule is CC(C)(C)c1ccccc1C1(C(=O)O)CC1(F)F. The third-order valence-electron chi connectivity index (χ3n) is 3.55. The zero-order valence-corrected chi connectivity index (χ0v) is 10.6. The fourth-order valence-corrected chi connectivity index (χ4v) is 2.44. The van der Waals surface area contributed by atoms with Gasteiger partial charge in [-0.3, -0.25) is 4.79 Å². The van der Waals surface area contributed by atoms with Gasteiger partial charge in [-0.05, 0) is 16.5 Å². The van der Waals surface area contributed by atoms with E-state index in [1.165, 1.54) is 6.07 Å². The molecule has 1 aliphatic rings. The Bertz CT molecular complexity index is 503. The van der Waals surface area contributed by atoms with Crippen LogP contribution in [0, 0.1) is 0 Å². The third kappa shape index (κ3) is 1.62. The minimum atomic E-state index is -3.15. The van der Waals surface area contributed by atoms with Gasteiger partial charge in [-0.25, -0.2) is 8.78 Å². The highest BCUT2D eigenvalue weighted by atomic mass is 19.3. The van der Waals surface area contributed by atoms with E-state index in [9.17, 15) is 18.7 Å². The highest BCUT2D eigenvalue weighted by molar-refractivity contribution is 5.88. The highest BCUT2D eigenvalue weighted by Crippen LogP contribution is 2.63. The van der Waals surface area contributed by atoms with Crippen LogP contribution in [0.25, 0.3) is 0 Å². The highest BCUT2D eigenvalue weighted by Gasteiger charge is 2.77. The summed E-state index contributed by atoms with van der Waals surface area (Å²) in [4.78, 5) is 11.3. The molecule has 4 heteroatoms. The fourth-order valence-electron chi connectivity index (χ4n) is 2.44. The Kier molecular flexibility index (Phi) is 2.55. The Morgan fingerprint density at radius 2 is 1.78 bits per heavy atom. The van der Waals surface area contributed by atoms with Crippen LogP contribution in [0.2, 0.25) is 0 Å². The Balaban J connectivity index is 2.63. The molecule has 0 heterocycles. The number of hydrogen-bond donors (Lipinski definition) is 1. The van der Waals surface area contributed by atoms with Gasteiger partial charge in [-0.1, -0.05) is 45.0 Å². The molecule has 98 valence electrons. The number of carboxylic acid groups (broad SMARTS) is 1. The molecule has 1 atom stereocenters. The average molecular weight is 254 g/mol. The molecule has 1 saturated carbocycles. The molecule has 0 aromatic heterocycles. The predicted octanol–water partition coefficient (Wildman–Crippen LogP) is 3.35. The first-order chi connectivity index (χ1) is 8.13. The lowest BCUT2D eigenvalue weighted by atomic mass is 9.78. The molecule has 1 unspecified atom stereocenters. The number of benzene rings is 1. The smallest absolute Gasteiger partial charge is 0.320 e. The van der Waals surface area contributed by atoms with Crippen molar-refractivity contribution in [2.75, 3.05) is 0 Å². The van der Waals surface area contributed by atoms with E-state index in [0.29, 0.717) is 5.56 Å². The maximum atomic E-state index is 13.6. The van der Waals surface area contributed by atoms with Gasteiger partial charge in [0, 0.05) is 6.42 Å². The summed E-state index contributed by atoms with van der Waals surface area (Å²) in [6, 6.07) is 6.61. The topological polar surface area (TPSA) is 37.3 Å².